The highest BCUT2D eigenvalue weighted by Crippen LogP contribution is 2.20. The molecule has 0 spiro atoms. The molecule has 0 aromatic heterocycles. The van der Waals surface area contributed by atoms with Crippen molar-refractivity contribution in [2.75, 3.05) is 17.9 Å². The van der Waals surface area contributed by atoms with E-state index in [0.29, 0.717) is 26.1 Å². The standard InChI is InChI=1S/C12H13FN2O3S/c13-12-2-1-10(7-9(12)8-14)15-19(16,17)11-3-5-18-6-4-11/h1-2,7,11,15H,3-6H2. The highest BCUT2D eigenvalue weighted by Gasteiger charge is 2.27. The molecular weight excluding hydrogens is 271 g/mol. The van der Waals surface area contributed by atoms with Gasteiger partial charge >= 0.3 is 0 Å². The number of ether oxygens (including phenoxy) is 1. The molecule has 1 fully saturated rings. The Morgan fingerprint density at radius 1 is 1.37 bits per heavy atom. The molecule has 1 N–H and O–H groups in total. The molecule has 1 aliphatic heterocycles. The van der Waals surface area contributed by atoms with Crippen LogP contribution in [0.15, 0.2) is 18.2 Å². The first kappa shape index (κ1) is 13.8. The molecule has 1 aromatic carbocycles. The first-order valence-electron chi connectivity index (χ1n) is 5.82. The second-order valence-corrected chi connectivity index (χ2v) is 6.23. The number of nitrogens with one attached hydrogen (secondary N) is 1. The Labute approximate surface area is 111 Å². The summed E-state index contributed by atoms with van der Waals surface area (Å²) in [4.78, 5) is 0. The van der Waals surface area contributed by atoms with Gasteiger partial charge in [-0.3, -0.25) is 4.72 Å². The van der Waals surface area contributed by atoms with E-state index >= 15 is 0 Å². The van der Waals surface area contributed by atoms with Crippen molar-refractivity contribution in [1.29, 1.82) is 5.26 Å². The molecule has 0 amide bonds. The quantitative estimate of drug-likeness (QED) is 0.914. The summed E-state index contributed by atoms with van der Waals surface area (Å²) in [5.41, 5.74) is 0.0108. The second kappa shape index (κ2) is 5.55. The van der Waals surface area contributed by atoms with Crippen LogP contribution < -0.4 is 4.72 Å². The van der Waals surface area contributed by atoms with Crippen LogP contribution >= 0.6 is 0 Å². The molecule has 2 rings (SSSR count). The fourth-order valence-electron chi connectivity index (χ4n) is 1.91. The lowest BCUT2D eigenvalue weighted by Gasteiger charge is -2.22. The molecular formula is C12H13FN2O3S. The molecule has 1 saturated heterocycles. The van der Waals surface area contributed by atoms with Crippen LogP contribution in [0.1, 0.15) is 18.4 Å². The number of nitrogens with zero attached hydrogens (tertiary/aromatic N) is 1. The minimum Gasteiger partial charge on any atom is -0.381 e. The molecule has 0 saturated carbocycles. The monoisotopic (exact) mass is 284 g/mol. The van der Waals surface area contributed by atoms with Gasteiger partial charge in [0.15, 0.2) is 0 Å². The summed E-state index contributed by atoms with van der Waals surface area (Å²) in [7, 11) is -3.54. The normalized spacial score (nSPS) is 16.8. The Morgan fingerprint density at radius 2 is 2.05 bits per heavy atom. The number of hydrogen-bond donors (Lipinski definition) is 1. The van der Waals surface area contributed by atoms with Crippen LogP contribution in [0.25, 0.3) is 0 Å². The number of hydrogen-bond acceptors (Lipinski definition) is 4. The fourth-order valence-corrected chi connectivity index (χ4v) is 3.34. The maximum absolute atomic E-state index is 13.1. The zero-order valence-corrected chi connectivity index (χ0v) is 10.9. The van der Waals surface area contributed by atoms with Gasteiger partial charge in [0.2, 0.25) is 10.0 Å². The van der Waals surface area contributed by atoms with Crippen molar-refractivity contribution in [2.45, 2.75) is 18.1 Å². The summed E-state index contributed by atoms with van der Waals surface area (Å²) in [6, 6.07) is 5.23. The number of anilines is 1. The Balaban J connectivity index is 2.18. The molecule has 1 heterocycles. The van der Waals surface area contributed by atoms with Crippen LogP contribution in [0.3, 0.4) is 0 Å². The van der Waals surface area contributed by atoms with E-state index < -0.39 is 21.1 Å². The smallest absolute Gasteiger partial charge is 0.235 e. The highest BCUT2D eigenvalue weighted by atomic mass is 32.2. The van der Waals surface area contributed by atoms with Crippen molar-refractivity contribution in [3.05, 3.63) is 29.6 Å². The predicted octanol–water partition coefficient (Wildman–Crippen LogP) is 1.62. The van der Waals surface area contributed by atoms with Gasteiger partial charge < -0.3 is 4.74 Å². The molecule has 0 radical (unpaired) electrons. The number of rotatable bonds is 3. The van der Waals surface area contributed by atoms with Crippen LogP contribution in [-0.2, 0) is 14.8 Å². The second-order valence-electron chi connectivity index (χ2n) is 4.27. The van der Waals surface area contributed by atoms with Crippen molar-refractivity contribution < 1.29 is 17.5 Å². The Kier molecular flexibility index (Phi) is 4.02. The molecule has 102 valence electrons. The van der Waals surface area contributed by atoms with Gasteiger partial charge in [0.05, 0.1) is 10.8 Å². The molecule has 7 heteroatoms. The topological polar surface area (TPSA) is 79.2 Å². The third-order valence-electron chi connectivity index (χ3n) is 2.95. The van der Waals surface area contributed by atoms with E-state index in [1.807, 2.05) is 0 Å². The van der Waals surface area contributed by atoms with Gasteiger partial charge in [0, 0.05) is 18.9 Å². The lowest BCUT2D eigenvalue weighted by molar-refractivity contribution is 0.0984. The maximum Gasteiger partial charge on any atom is 0.235 e. The van der Waals surface area contributed by atoms with E-state index in [-0.39, 0.29) is 11.3 Å². The van der Waals surface area contributed by atoms with E-state index in [0.717, 1.165) is 6.07 Å². The molecule has 5 nitrogen and oxygen atoms in total. The van der Waals surface area contributed by atoms with E-state index in [1.54, 1.807) is 6.07 Å². The lowest BCUT2D eigenvalue weighted by atomic mass is 10.2. The van der Waals surface area contributed by atoms with Crippen LogP contribution in [0.4, 0.5) is 10.1 Å². The fraction of sp³-hybridized carbons (Fsp3) is 0.417. The Bertz CT molecular complexity index is 604. The Hall–Kier alpha value is -1.65. The zero-order valence-electron chi connectivity index (χ0n) is 10.1. The number of halogens is 1. The van der Waals surface area contributed by atoms with E-state index in [2.05, 4.69) is 4.72 Å². The van der Waals surface area contributed by atoms with Crippen molar-refractivity contribution >= 4 is 15.7 Å². The summed E-state index contributed by atoms with van der Waals surface area (Å²) >= 11 is 0. The number of nitriles is 1. The average molecular weight is 284 g/mol. The Morgan fingerprint density at radius 3 is 2.68 bits per heavy atom. The number of benzene rings is 1. The molecule has 0 atom stereocenters. The number of sulfonamides is 1. The van der Waals surface area contributed by atoms with Gasteiger partial charge in [-0.2, -0.15) is 5.26 Å². The zero-order chi connectivity index (χ0) is 13.9. The van der Waals surface area contributed by atoms with E-state index in [4.69, 9.17) is 10.00 Å². The minimum atomic E-state index is -3.54. The summed E-state index contributed by atoms with van der Waals surface area (Å²) in [6.45, 7) is 0.830. The van der Waals surface area contributed by atoms with E-state index in [9.17, 15) is 12.8 Å². The average Bonchev–Trinajstić information content (AvgIpc) is 2.42. The summed E-state index contributed by atoms with van der Waals surface area (Å²) < 4.78 is 44.8. The highest BCUT2D eigenvalue weighted by molar-refractivity contribution is 7.93. The SMILES string of the molecule is N#Cc1cc(NS(=O)(=O)C2CCOCC2)ccc1F. The van der Waals surface area contributed by atoms with Crippen molar-refractivity contribution in [3.63, 3.8) is 0 Å². The lowest BCUT2D eigenvalue weighted by Crippen LogP contribution is -2.33. The molecule has 1 aromatic rings. The van der Waals surface area contributed by atoms with Crippen molar-refractivity contribution in [1.82, 2.24) is 0 Å². The van der Waals surface area contributed by atoms with Gasteiger partial charge in [0.1, 0.15) is 11.9 Å². The summed E-state index contributed by atoms with van der Waals surface area (Å²) in [5.74, 6) is -0.670. The largest absolute Gasteiger partial charge is 0.381 e. The van der Waals surface area contributed by atoms with Crippen LogP contribution in [0, 0.1) is 17.1 Å². The molecule has 1 aliphatic rings. The van der Waals surface area contributed by atoms with Crippen LogP contribution in [0.2, 0.25) is 0 Å². The van der Waals surface area contributed by atoms with Gasteiger partial charge in [-0.1, -0.05) is 0 Å². The first-order chi connectivity index (χ1) is 9.03. The molecule has 0 bridgehead atoms. The van der Waals surface area contributed by atoms with Gasteiger partial charge in [-0.15, -0.1) is 0 Å². The predicted molar refractivity (Wildman–Crippen MR) is 67.5 cm³/mol. The van der Waals surface area contributed by atoms with Crippen LogP contribution in [0.5, 0.6) is 0 Å². The summed E-state index contributed by atoms with van der Waals surface area (Å²) in [6.07, 6.45) is 0.864. The molecule has 0 unspecified atom stereocenters. The van der Waals surface area contributed by atoms with Crippen molar-refractivity contribution in [2.24, 2.45) is 0 Å². The minimum absolute atomic E-state index is 0.188. The van der Waals surface area contributed by atoms with Gasteiger partial charge in [-0.25, -0.2) is 12.8 Å². The maximum atomic E-state index is 13.1. The first-order valence-corrected chi connectivity index (χ1v) is 7.36. The van der Waals surface area contributed by atoms with E-state index in [1.165, 1.54) is 12.1 Å². The van der Waals surface area contributed by atoms with Gasteiger partial charge in [-0.05, 0) is 31.0 Å². The molecule has 19 heavy (non-hydrogen) atoms. The molecule has 0 aliphatic carbocycles. The van der Waals surface area contributed by atoms with Crippen molar-refractivity contribution in [3.8, 4) is 6.07 Å². The third kappa shape index (κ3) is 3.22. The van der Waals surface area contributed by atoms with Gasteiger partial charge in [0.25, 0.3) is 0 Å². The van der Waals surface area contributed by atoms with Crippen LogP contribution in [-0.4, -0.2) is 26.9 Å². The third-order valence-corrected chi connectivity index (χ3v) is 4.82. The summed E-state index contributed by atoms with van der Waals surface area (Å²) in [5, 5.41) is 8.19.